The Morgan fingerprint density at radius 3 is 2.17 bits per heavy atom. The number of carbonyl (C=O) groups is 1. The molecule has 0 spiro atoms. The fourth-order valence-electron chi connectivity index (χ4n) is 2.21. The smallest absolute Gasteiger partial charge is 0.343 e. The largest absolute Gasteiger partial charge is 0.507 e. The number of rotatable bonds is 2. The Morgan fingerprint density at radius 2 is 1.48 bits per heavy atom. The van der Waals surface area contributed by atoms with Gasteiger partial charge in [-0.05, 0) is 23.6 Å². The van der Waals surface area contributed by atoms with Crippen molar-refractivity contribution >= 4 is 16.7 Å². The Kier molecular flexibility index (Phi) is 3.42. The summed E-state index contributed by atoms with van der Waals surface area (Å²) in [5.41, 5.74) is -0.148. The lowest BCUT2D eigenvalue weighted by molar-refractivity contribution is 0.0734. The normalized spacial score (nSPS) is 10.6. The van der Waals surface area contributed by atoms with Crippen molar-refractivity contribution in [3.8, 4) is 28.7 Å². The van der Waals surface area contributed by atoms with Gasteiger partial charge in [0.1, 0.15) is 11.5 Å². The van der Waals surface area contributed by atoms with E-state index in [0.717, 1.165) is 12.1 Å². The molecule has 0 saturated heterocycles. The Balaban J connectivity index is 1.94. The number of esters is 1. The molecule has 23 heavy (non-hydrogen) atoms. The average molecular weight is 312 g/mol. The number of benzene rings is 3. The van der Waals surface area contributed by atoms with Gasteiger partial charge < -0.3 is 25.2 Å². The number of phenols is 4. The topological polar surface area (TPSA) is 107 Å². The van der Waals surface area contributed by atoms with E-state index in [4.69, 9.17) is 4.74 Å². The van der Waals surface area contributed by atoms with E-state index in [1.54, 1.807) is 30.3 Å². The molecule has 0 radical (unpaired) electrons. The molecule has 0 saturated carbocycles. The zero-order valence-electron chi connectivity index (χ0n) is 11.7. The number of ether oxygens (including phenoxy) is 1. The Hall–Kier alpha value is -3.41. The molecule has 0 aliphatic heterocycles. The van der Waals surface area contributed by atoms with Crippen LogP contribution in [0.3, 0.4) is 0 Å². The first-order chi connectivity index (χ1) is 11.0. The summed E-state index contributed by atoms with van der Waals surface area (Å²) in [5, 5.41) is 39.4. The summed E-state index contributed by atoms with van der Waals surface area (Å²) in [4.78, 5) is 12.1. The summed E-state index contributed by atoms with van der Waals surface area (Å²) >= 11 is 0. The zero-order valence-corrected chi connectivity index (χ0v) is 11.7. The maximum atomic E-state index is 12.1. The van der Waals surface area contributed by atoms with Crippen LogP contribution in [0.15, 0.2) is 48.5 Å². The molecule has 0 amide bonds. The van der Waals surface area contributed by atoms with E-state index in [2.05, 4.69) is 0 Å². The minimum atomic E-state index is -0.856. The van der Waals surface area contributed by atoms with Gasteiger partial charge in [-0.25, -0.2) is 4.79 Å². The van der Waals surface area contributed by atoms with Gasteiger partial charge in [-0.3, -0.25) is 0 Å². The summed E-state index contributed by atoms with van der Waals surface area (Å²) in [6, 6.07) is 11.8. The van der Waals surface area contributed by atoms with Crippen LogP contribution in [0.4, 0.5) is 0 Å². The fraction of sp³-hybridized carbons (Fsp3) is 0. The minimum absolute atomic E-state index is 0.0395. The highest BCUT2D eigenvalue weighted by atomic mass is 16.5. The van der Waals surface area contributed by atoms with Gasteiger partial charge in [-0.15, -0.1) is 0 Å². The third-order valence-corrected chi connectivity index (χ3v) is 3.33. The van der Waals surface area contributed by atoms with E-state index < -0.39 is 23.2 Å². The van der Waals surface area contributed by atoms with E-state index in [-0.39, 0.29) is 17.1 Å². The molecule has 6 nitrogen and oxygen atoms in total. The van der Waals surface area contributed by atoms with Gasteiger partial charge in [0.15, 0.2) is 17.2 Å². The second kappa shape index (κ2) is 5.42. The van der Waals surface area contributed by atoms with Crippen molar-refractivity contribution in [3.05, 3.63) is 54.1 Å². The molecule has 3 aromatic rings. The van der Waals surface area contributed by atoms with Gasteiger partial charge >= 0.3 is 5.97 Å². The van der Waals surface area contributed by atoms with E-state index in [1.807, 2.05) is 0 Å². The Bertz CT molecular complexity index is 893. The van der Waals surface area contributed by atoms with Crippen LogP contribution < -0.4 is 4.74 Å². The number of hydrogen-bond donors (Lipinski definition) is 4. The Labute approximate surface area is 130 Å². The fourth-order valence-corrected chi connectivity index (χ4v) is 2.21. The molecular formula is C17H12O6. The van der Waals surface area contributed by atoms with Crippen molar-refractivity contribution in [2.75, 3.05) is 0 Å². The summed E-state index contributed by atoms with van der Waals surface area (Å²) in [7, 11) is 0. The van der Waals surface area contributed by atoms with Gasteiger partial charge in [0.05, 0.1) is 5.56 Å². The average Bonchev–Trinajstić information content (AvgIpc) is 2.52. The molecule has 0 aliphatic rings. The first-order valence-electron chi connectivity index (χ1n) is 6.64. The van der Waals surface area contributed by atoms with Crippen LogP contribution in [0.25, 0.3) is 10.8 Å². The number of hydrogen-bond acceptors (Lipinski definition) is 6. The molecule has 0 aliphatic carbocycles. The molecule has 0 unspecified atom stereocenters. The summed E-state index contributed by atoms with van der Waals surface area (Å²) in [6.45, 7) is 0. The van der Waals surface area contributed by atoms with Crippen LogP contribution in [0, 0.1) is 0 Å². The van der Waals surface area contributed by atoms with Crippen molar-refractivity contribution in [2.24, 2.45) is 0 Å². The summed E-state index contributed by atoms with van der Waals surface area (Å²) in [5.74, 6) is -2.78. The lowest BCUT2D eigenvalue weighted by atomic mass is 10.1. The molecule has 0 aromatic heterocycles. The SMILES string of the molecule is O=C(Oc1cc(O)c2ccccc2c1)c1cc(O)c(O)c(O)c1. The second-order valence-electron chi connectivity index (χ2n) is 4.92. The van der Waals surface area contributed by atoms with Crippen LogP contribution in [-0.4, -0.2) is 26.4 Å². The molecule has 0 bridgehead atoms. The van der Waals surface area contributed by atoms with Gasteiger partial charge in [0.2, 0.25) is 0 Å². The van der Waals surface area contributed by atoms with E-state index in [9.17, 15) is 25.2 Å². The third kappa shape index (κ3) is 2.69. The van der Waals surface area contributed by atoms with Crippen molar-refractivity contribution in [2.45, 2.75) is 0 Å². The molecule has 0 fully saturated rings. The molecular weight excluding hydrogens is 300 g/mol. The van der Waals surface area contributed by atoms with Gasteiger partial charge in [-0.1, -0.05) is 24.3 Å². The van der Waals surface area contributed by atoms with Crippen LogP contribution in [-0.2, 0) is 0 Å². The first kappa shape index (κ1) is 14.5. The quantitative estimate of drug-likeness (QED) is 0.329. The van der Waals surface area contributed by atoms with Crippen molar-refractivity contribution in [1.29, 1.82) is 0 Å². The third-order valence-electron chi connectivity index (χ3n) is 3.33. The molecule has 3 aromatic carbocycles. The lowest BCUT2D eigenvalue weighted by Gasteiger charge is -2.08. The number of fused-ring (bicyclic) bond motifs is 1. The monoisotopic (exact) mass is 312 g/mol. The maximum absolute atomic E-state index is 12.1. The Morgan fingerprint density at radius 1 is 0.826 bits per heavy atom. The summed E-state index contributed by atoms with van der Waals surface area (Å²) in [6.07, 6.45) is 0. The highest BCUT2D eigenvalue weighted by Crippen LogP contribution is 2.36. The number of aromatic hydroxyl groups is 4. The van der Waals surface area contributed by atoms with Crippen molar-refractivity contribution in [1.82, 2.24) is 0 Å². The van der Waals surface area contributed by atoms with Gasteiger partial charge in [0, 0.05) is 11.5 Å². The van der Waals surface area contributed by atoms with Crippen molar-refractivity contribution in [3.63, 3.8) is 0 Å². The van der Waals surface area contributed by atoms with Gasteiger partial charge in [0.25, 0.3) is 0 Å². The molecule has 4 N–H and O–H groups in total. The number of phenolic OH excluding ortho intramolecular Hbond substituents is 4. The second-order valence-corrected chi connectivity index (χ2v) is 4.92. The van der Waals surface area contributed by atoms with Crippen LogP contribution in [0.5, 0.6) is 28.7 Å². The summed E-state index contributed by atoms with van der Waals surface area (Å²) < 4.78 is 5.14. The highest BCUT2D eigenvalue weighted by molar-refractivity contribution is 5.94. The van der Waals surface area contributed by atoms with Crippen LogP contribution in [0.1, 0.15) is 10.4 Å². The zero-order chi connectivity index (χ0) is 16.6. The van der Waals surface area contributed by atoms with E-state index in [0.29, 0.717) is 10.8 Å². The predicted molar refractivity (Wildman–Crippen MR) is 82.0 cm³/mol. The molecule has 116 valence electrons. The molecule has 6 heteroatoms. The van der Waals surface area contributed by atoms with Crippen LogP contribution >= 0.6 is 0 Å². The maximum Gasteiger partial charge on any atom is 0.343 e. The molecule has 3 rings (SSSR count). The van der Waals surface area contributed by atoms with E-state index in [1.165, 1.54) is 6.07 Å². The first-order valence-corrected chi connectivity index (χ1v) is 6.64. The molecule has 0 atom stereocenters. The lowest BCUT2D eigenvalue weighted by Crippen LogP contribution is -2.08. The van der Waals surface area contributed by atoms with Crippen molar-refractivity contribution < 1.29 is 30.0 Å². The number of carbonyl (C=O) groups excluding carboxylic acids is 1. The van der Waals surface area contributed by atoms with Crippen LogP contribution in [0.2, 0.25) is 0 Å². The minimum Gasteiger partial charge on any atom is -0.507 e. The molecule has 0 heterocycles. The van der Waals surface area contributed by atoms with Gasteiger partial charge in [-0.2, -0.15) is 0 Å². The standard InChI is InChI=1S/C17H12O6/c18-13-8-11(5-9-3-1-2-4-12(9)13)23-17(22)10-6-14(19)16(21)15(20)7-10/h1-8,18-21H. The highest BCUT2D eigenvalue weighted by Gasteiger charge is 2.16. The van der Waals surface area contributed by atoms with E-state index >= 15 is 0 Å². The predicted octanol–water partition coefficient (Wildman–Crippen LogP) is 2.88.